The number of esters is 2. The van der Waals surface area contributed by atoms with E-state index in [1.165, 1.54) is 50.0 Å². The summed E-state index contributed by atoms with van der Waals surface area (Å²) in [6.45, 7) is -4.96. The van der Waals surface area contributed by atoms with Crippen LogP contribution in [0.1, 0.15) is 45.8 Å². The van der Waals surface area contributed by atoms with Gasteiger partial charge in [0.2, 0.25) is 5.88 Å². The lowest BCUT2D eigenvalue weighted by Gasteiger charge is -2.27. The molecule has 2 heterocycles. The number of ether oxygens (including phenoxy) is 5. The normalized spacial score (nSPS) is 12.4. The molecule has 44 heavy (non-hydrogen) atoms. The minimum Gasteiger partial charge on any atom is -0.465 e. The first-order chi connectivity index (χ1) is 21.2. The van der Waals surface area contributed by atoms with Gasteiger partial charge in [-0.15, -0.1) is 0 Å². The molecule has 0 N–H and O–H groups in total. The Morgan fingerprint density at radius 1 is 0.795 bits per heavy atom. The van der Waals surface area contributed by atoms with E-state index in [1.807, 2.05) is 0 Å². The van der Waals surface area contributed by atoms with E-state index in [0.717, 1.165) is 12.1 Å². The minimum atomic E-state index is -3.34. The smallest absolute Gasteiger partial charge is 0.387 e. The van der Waals surface area contributed by atoms with Gasteiger partial charge in [-0.2, -0.15) is 17.6 Å². The quantitative estimate of drug-likeness (QED) is 0.120. The Labute approximate surface area is 249 Å². The van der Waals surface area contributed by atoms with Gasteiger partial charge in [-0.1, -0.05) is 12.1 Å². The third-order valence-electron chi connectivity index (χ3n) is 6.31. The Kier molecular flexibility index (Phi) is 10.7. The van der Waals surface area contributed by atoms with Crippen molar-refractivity contribution in [2.75, 3.05) is 13.7 Å². The van der Waals surface area contributed by atoms with Crippen LogP contribution in [0.3, 0.4) is 0 Å². The maximum atomic E-state index is 13.4. The fraction of sp³-hybridized carbons (Fsp3) is 0.226. The number of aromatic nitrogens is 2. The number of carbonyl (C=O) groups is 2. The minimum absolute atomic E-state index is 0.0494. The average Bonchev–Trinajstić information content (AvgIpc) is 3.01. The number of rotatable bonds is 13. The highest BCUT2D eigenvalue weighted by molar-refractivity contribution is 5.89. The molecule has 230 valence electrons. The number of nitrogens with zero attached hydrogens (tertiary/aromatic N) is 2. The molecule has 0 radical (unpaired) electrons. The van der Waals surface area contributed by atoms with E-state index in [4.69, 9.17) is 9.47 Å². The van der Waals surface area contributed by atoms with Crippen LogP contribution >= 0.6 is 0 Å². The molecule has 0 fully saturated rings. The van der Waals surface area contributed by atoms with Gasteiger partial charge in [-0.3, -0.25) is 9.78 Å². The highest BCUT2D eigenvalue weighted by atomic mass is 19.3. The van der Waals surface area contributed by atoms with Gasteiger partial charge in [0.1, 0.15) is 5.75 Å². The van der Waals surface area contributed by atoms with Gasteiger partial charge >= 0.3 is 25.2 Å². The molecule has 0 aliphatic carbocycles. The molecule has 0 aliphatic rings. The predicted octanol–water partition coefficient (Wildman–Crippen LogP) is 6.74. The fourth-order valence-corrected chi connectivity index (χ4v) is 4.48. The van der Waals surface area contributed by atoms with Crippen LogP contribution in [0.5, 0.6) is 23.1 Å². The fourth-order valence-electron chi connectivity index (χ4n) is 4.48. The number of alkyl halides is 4. The third-order valence-corrected chi connectivity index (χ3v) is 6.31. The summed E-state index contributed by atoms with van der Waals surface area (Å²) in [4.78, 5) is 33.5. The zero-order chi connectivity index (χ0) is 31.6. The van der Waals surface area contributed by atoms with E-state index in [-0.39, 0.29) is 18.1 Å². The van der Waals surface area contributed by atoms with Gasteiger partial charge in [0.05, 0.1) is 25.2 Å². The van der Waals surface area contributed by atoms with E-state index >= 15 is 0 Å². The molecule has 2 aromatic heterocycles. The van der Waals surface area contributed by atoms with Crippen LogP contribution in [0.4, 0.5) is 17.6 Å². The van der Waals surface area contributed by atoms with E-state index in [9.17, 15) is 27.2 Å². The summed E-state index contributed by atoms with van der Waals surface area (Å²) < 4.78 is 77.2. The van der Waals surface area contributed by atoms with Crippen LogP contribution in [0.15, 0.2) is 85.3 Å². The van der Waals surface area contributed by atoms with Crippen LogP contribution in [-0.4, -0.2) is 48.8 Å². The standard InChI is InChI=1S/C31H26F4N2O7/c1-3-41-29(39)27(18-12-14-36-15-13-18)26(20-6-10-23(43-30(32)33)24(16-20)44-31(34)35)21-7-11-25(37-17-21)42-22-8-4-19(5-9-22)28(38)40-2/h4-17,26-27,30-31H,3H2,1-2H3. The molecule has 4 aromatic rings. The third kappa shape index (κ3) is 8.00. The van der Waals surface area contributed by atoms with Crippen LogP contribution in [0, 0.1) is 0 Å². The molecule has 9 nitrogen and oxygen atoms in total. The topological polar surface area (TPSA) is 106 Å². The summed E-state index contributed by atoms with van der Waals surface area (Å²) >= 11 is 0. The Morgan fingerprint density at radius 3 is 2.05 bits per heavy atom. The number of methoxy groups -OCH3 is 1. The molecular formula is C31H26F4N2O7. The molecule has 2 aromatic carbocycles. The van der Waals surface area contributed by atoms with E-state index in [2.05, 4.69) is 24.2 Å². The first-order valence-corrected chi connectivity index (χ1v) is 13.1. The second-order valence-corrected chi connectivity index (χ2v) is 9.00. The summed E-state index contributed by atoms with van der Waals surface area (Å²) in [5.41, 5.74) is 1.48. The molecule has 4 rings (SSSR count). The lowest BCUT2D eigenvalue weighted by atomic mass is 9.77. The van der Waals surface area contributed by atoms with Crippen molar-refractivity contribution in [1.29, 1.82) is 0 Å². The largest absolute Gasteiger partial charge is 0.465 e. The Morgan fingerprint density at radius 2 is 1.45 bits per heavy atom. The lowest BCUT2D eigenvalue weighted by Crippen LogP contribution is -2.24. The van der Waals surface area contributed by atoms with Gasteiger partial charge in [0.15, 0.2) is 11.5 Å². The monoisotopic (exact) mass is 614 g/mol. The summed E-state index contributed by atoms with van der Waals surface area (Å²) in [6.07, 6.45) is 4.38. The number of halogens is 4. The van der Waals surface area contributed by atoms with Gasteiger partial charge in [0.25, 0.3) is 0 Å². The van der Waals surface area contributed by atoms with Crippen LogP contribution in [-0.2, 0) is 14.3 Å². The summed E-state index contributed by atoms with van der Waals surface area (Å²) in [7, 11) is 1.27. The summed E-state index contributed by atoms with van der Waals surface area (Å²) in [5, 5.41) is 0. The zero-order valence-electron chi connectivity index (χ0n) is 23.4. The molecule has 0 aliphatic heterocycles. The second-order valence-electron chi connectivity index (χ2n) is 9.00. The van der Waals surface area contributed by atoms with Crippen molar-refractivity contribution < 1.29 is 50.8 Å². The van der Waals surface area contributed by atoms with Gasteiger partial charge in [-0.25, -0.2) is 9.78 Å². The van der Waals surface area contributed by atoms with Crippen LogP contribution in [0.25, 0.3) is 0 Å². The van der Waals surface area contributed by atoms with E-state index < -0.39 is 48.5 Å². The molecule has 0 saturated heterocycles. The molecule has 0 saturated carbocycles. The van der Waals surface area contributed by atoms with Crippen LogP contribution in [0.2, 0.25) is 0 Å². The second kappa shape index (κ2) is 14.8. The first kappa shape index (κ1) is 31.7. The van der Waals surface area contributed by atoms with Crippen molar-refractivity contribution in [3.05, 3.63) is 108 Å². The van der Waals surface area contributed by atoms with Crippen molar-refractivity contribution in [2.45, 2.75) is 32.0 Å². The van der Waals surface area contributed by atoms with Gasteiger partial charge in [0, 0.05) is 30.6 Å². The maximum Gasteiger partial charge on any atom is 0.387 e. The van der Waals surface area contributed by atoms with Crippen molar-refractivity contribution in [3.8, 4) is 23.1 Å². The Bertz CT molecular complexity index is 1540. The number of benzene rings is 2. The number of hydrogen-bond donors (Lipinski definition) is 0. The maximum absolute atomic E-state index is 13.4. The Balaban J connectivity index is 1.78. The molecule has 2 atom stereocenters. The lowest BCUT2D eigenvalue weighted by molar-refractivity contribution is -0.145. The Hall–Kier alpha value is -5.20. The van der Waals surface area contributed by atoms with Gasteiger partial charge in [-0.05, 0) is 72.1 Å². The highest BCUT2D eigenvalue weighted by Gasteiger charge is 2.35. The molecule has 2 unspecified atom stereocenters. The average molecular weight is 615 g/mol. The number of pyridine rings is 2. The predicted molar refractivity (Wildman–Crippen MR) is 147 cm³/mol. The molecule has 13 heteroatoms. The molecule has 0 bridgehead atoms. The van der Waals surface area contributed by atoms with Crippen molar-refractivity contribution in [3.63, 3.8) is 0 Å². The van der Waals surface area contributed by atoms with Crippen molar-refractivity contribution in [1.82, 2.24) is 9.97 Å². The van der Waals surface area contributed by atoms with E-state index in [0.29, 0.717) is 22.4 Å². The van der Waals surface area contributed by atoms with Gasteiger partial charge < -0.3 is 23.7 Å². The van der Waals surface area contributed by atoms with Crippen LogP contribution < -0.4 is 14.2 Å². The molecular weight excluding hydrogens is 588 g/mol. The number of hydrogen-bond acceptors (Lipinski definition) is 9. The van der Waals surface area contributed by atoms with Crippen molar-refractivity contribution >= 4 is 11.9 Å². The first-order valence-electron chi connectivity index (χ1n) is 13.1. The number of carbonyl (C=O) groups excluding carboxylic acids is 2. The highest BCUT2D eigenvalue weighted by Crippen LogP contribution is 2.43. The zero-order valence-corrected chi connectivity index (χ0v) is 23.4. The van der Waals surface area contributed by atoms with Crippen molar-refractivity contribution in [2.24, 2.45) is 0 Å². The SMILES string of the molecule is CCOC(=O)C(c1ccncc1)C(c1ccc(Oc2ccc(C(=O)OC)cc2)nc1)c1ccc(OC(F)F)c(OC(F)F)c1. The summed E-state index contributed by atoms with van der Waals surface area (Å²) in [6, 6.07) is 16.0. The molecule has 0 spiro atoms. The summed E-state index contributed by atoms with van der Waals surface area (Å²) in [5.74, 6) is -3.85. The van der Waals surface area contributed by atoms with E-state index in [1.54, 1.807) is 37.3 Å². The molecule has 0 amide bonds.